The van der Waals surface area contributed by atoms with E-state index in [4.69, 9.17) is 16.1 Å². The van der Waals surface area contributed by atoms with Crippen molar-refractivity contribution in [1.82, 2.24) is 10.1 Å². The van der Waals surface area contributed by atoms with Gasteiger partial charge in [0.2, 0.25) is 5.91 Å². The number of carbonyl (C=O) groups excluding carboxylic acids is 1. The minimum atomic E-state index is -0.410. The van der Waals surface area contributed by atoms with Crippen molar-refractivity contribution in [3.63, 3.8) is 0 Å². The maximum Gasteiger partial charge on any atom is 0.251 e. The summed E-state index contributed by atoms with van der Waals surface area (Å²) < 4.78 is 5.14. The molecule has 0 saturated heterocycles. The van der Waals surface area contributed by atoms with Crippen LogP contribution in [0, 0.1) is 5.92 Å². The molecule has 31 heavy (non-hydrogen) atoms. The number of carbonyl (C=O) groups is 1. The molecular weight excluding hydrogens is 434 g/mol. The van der Waals surface area contributed by atoms with E-state index in [0.29, 0.717) is 28.8 Å². The Kier molecular flexibility index (Phi) is 6.34. The smallest absolute Gasteiger partial charge is 0.251 e. The molecule has 0 aliphatic heterocycles. The number of aromatic hydroxyl groups is 1. The fourth-order valence-corrected chi connectivity index (χ4v) is 4.39. The SMILES string of the molecule is CN(C(=O)C(Cc1ccccc1)Cc1cc(O)no1)c1nc(-c2ccccc2Cl)cs1. The van der Waals surface area contributed by atoms with Gasteiger partial charge in [0, 0.05) is 41.4 Å². The summed E-state index contributed by atoms with van der Waals surface area (Å²) in [6.07, 6.45) is 0.836. The van der Waals surface area contributed by atoms with Gasteiger partial charge >= 0.3 is 0 Å². The maximum atomic E-state index is 13.4. The Morgan fingerprint density at radius 2 is 1.90 bits per heavy atom. The normalized spacial score (nSPS) is 11.9. The van der Waals surface area contributed by atoms with E-state index in [1.54, 1.807) is 11.9 Å². The molecule has 1 N–H and O–H groups in total. The first kappa shape index (κ1) is 21.1. The van der Waals surface area contributed by atoms with Gasteiger partial charge in [-0.2, -0.15) is 0 Å². The zero-order valence-electron chi connectivity index (χ0n) is 16.7. The van der Waals surface area contributed by atoms with Crippen molar-refractivity contribution >= 4 is 34.0 Å². The van der Waals surface area contributed by atoms with Crippen molar-refractivity contribution in [2.75, 3.05) is 11.9 Å². The van der Waals surface area contributed by atoms with E-state index in [0.717, 1.165) is 16.8 Å². The van der Waals surface area contributed by atoms with Crippen molar-refractivity contribution in [1.29, 1.82) is 0 Å². The number of hydrogen-bond donors (Lipinski definition) is 1. The Morgan fingerprint density at radius 1 is 1.16 bits per heavy atom. The van der Waals surface area contributed by atoms with Crippen LogP contribution in [-0.2, 0) is 17.6 Å². The number of rotatable bonds is 7. The van der Waals surface area contributed by atoms with Crippen LogP contribution in [0.5, 0.6) is 5.88 Å². The minimum absolute atomic E-state index is 0.0974. The van der Waals surface area contributed by atoms with Crippen molar-refractivity contribution in [3.8, 4) is 17.1 Å². The van der Waals surface area contributed by atoms with E-state index in [9.17, 15) is 9.90 Å². The molecule has 8 heteroatoms. The Labute approximate surface area is 188 Å². The molecular formula is C23H20ClN3O3S. The molecule has 0 aliphatic carbocycles. The highest BCUT2D eigenvalue weighted by molar-refractivity contribution is 7.14. The second kappa shape index (κ2) is 9.32. The predicted octanol–water partition coefficient (Wildman–Crippen LogP) is 5.22. The standard InChI is InChI=1S/C23H20ClN3O3S/c1-27(23-25-20(14-31-23)18-9-5-6-10-19(18)24)22(29)16(11-15-7-3-2-4-8-15)12-17-13-21(28)26-30-17/h2-10,13-14,16H,11-12H2,1H3,(H,26,28). The third kappa shape index (κ3) is 4.95. The van der Waals surface area contributed by atoms with Crippen LogP contribution in [-0.4, -0.2) is 28.2 Å². The summed E-state index contributed by atoms with van der Waals surface area (Å²) in [4.78, 5) is 19.6. The lowest BCUT2D eigenvalue weighted by atomic mass is 9.94. The van der Waals surface area contributed by atoms with E-state index >= 15 is 0 Å². The molecule has 2 heterocycles. The molecule has 4 aromatic rings. The maximum absolute atomic E-state index is 13.4. The molecule has 0 bridgehead atoms. The highest BCUT2D eigenvalue weighted by atomic mass is 35.5. The van der Waals surface area contributed by atoms with Crippen LogP contribution in [0.2, 0.25) is 5.02 Å². The summed E-state index contributed by atoms with van der Waals surface area (Å²) in [7, 11) is 1.72. The zero-order chi connectivity index (χ0) is 21.8. The molecule has 0 radical (unpaired) electrons. The summed E-state index contributed by atoms with van der Waals surface area (Å²) >= 11 is 7.67. The van der Waals surface area contributed by atoms with Crippen molar-refractivity contribution in [2.45, 2.75) is 12.8 Å². The van der Waals surface area contributed by atoms with Gasteiger partial charge in [-0.25, -0.2) is 4.98 Å². The van der Waals surface area contributed by atoms with Crippen molar-refractivity contribution in [3.05, 3.63) is 82.4 Å². The van der Waals surface area contributed by atoms with Gasteiger partial charge in [0.15, 0.2) is 5.13 Å². The van der Waals surface area contributed by atoms with Crippen LogP contribution in [0.3, 0.4) is 0 Å². The summed E-state index contributed by atoms with van der Waals surface area (Å²) in [5, 5.41) is 16.1. The number of thiazole rings is 1. The fraction of sp³-hybridized carbons (Fsp3) is 0.174. The number of aromatic nitrogens is 2. The average Bonchev–Trinajstić information content (AvgIpc) is 3.42. The Balaban J connectivity index is 1.57. The van der Waals surface area contributed by atoms with Gasteiger partial charge in [-0.15, -0.1) is 11.3 Å². The molecule has 4 rings (SSSR count). The van der Waals surface area contributed by atoms with E-state index < -0.39 is 5.92 Å². The highest BCUT2D eigenvalue weighted by Crippen LogP contribution is 2.32. The quantitative estimate of drug-likeness (QED) is 0.415. The van der Waals surface area contributed by atoms with E-state index in [2.05, 4.69) is 10.1 Å². The topological polar surface area (TPSA) is 79.5 Å². The number of benzene rings is 2. The molecule has 6 nitrogen and oxygen atoms in total. The second-order valence-corrected chi connectivity index (χ2v) is 8.38. The number of anilines is 1. The number of hydrogen-bond acceptors (Lipinski definition) is 6. The molecule has 0 spiro atoms. The van der Waals surface area contributed by atoms with Gasteiger partial charge in [-0.1, -0.05) is 60.1 Å². The average molecular weight is 454 g/mol. The summed E-state index contributed by atoms with van der Waals surface area (Å²) in [5.41, 5.74) is 2.59. The Bertz CT molecular complexity index is 1180. The summed E-state index contributed by atoms with van der Waals surface area (Å²) in [6, 6.07) is 18.7. The van der Waals surface area contributed by atoms with E-state index in [1.807, 2.05) is 60.0 Å². The lowest BCUT2D eigenvalue weighted by Gasteiger charge is -2.21. The largest absolute Gasteiger partial charge is 0.491 e. The van der Waals surface area contributed by atoms with Crippen molar-refractivity contribution < 1.29 is 14.4 Å². The van der Waals surface area contributed by atoms with Crippen LogP contribution in [0.25, 0.3) is 11.3 Å². The predicted molar refractivity (Wildman–Crippen MR) is 121 cm³/mol. The molecule has 1 unspecified atom stereocenters. The minimum Gasteiger partial charge on any atom is -0.491 e. The Hall–Kier alpha value is -3.16. The highest BCUT2D eigenvalue weighted by Gasteiger charge is 2.27. The fourth-order valence-electron chi connectivity index (χ4n) is 3.37. The van der Waals surface area contributed by atoms with Gasteiger partial charge in [0.1, 0.15) is 5.76 Å². The van der Waals surface area contributed by atoms with Crippen molar-refractivity contribution in [2.24, 2.45) is 5.92 Å². The zero-order valence-corrected chi connectivity index (χ0v) is 18.3. The molecule has 2 aromatic carbocycles. The third-order valence-corrected chi connectivity index (χ3v) is 6.17. The molecule has 1 atom stereocenters. The monoisotopic (exact) mass is 453 g/mol. The van der Waals surface area contributed by atoms with Crippen LogP contribution >= 0.6 is 22.9 Å². The van der Waals surface area contributed by atoms with E-state index in [-0.39, 0.29) is 11.8 Å². The molecule has 2 aromatic heterocycles. The number of amides is 1. The first-order valence-corrected chi connectivity index (χ1v) is 10.9. The lowest BCUT2D eigenvalue weighted by molar-refractivity contribution is -0.122. The van der Waals surface area contributed by atoms with Gasteiger partial charge < -0.3 is 9.63 Å². The molecule has 0 aliphatic rings. The first-order chi connectivity index (χ1) is 15.0. The molecule has 0 saturated carbocycles. The summed E-state index contributed by atoms with van der Waals surface area (Å²) in [5.74, 6) is -0.248. The van der Waals surface area contributed by atoms with Crippen LogP contribution < -0.4 is 4.90 Å². The van der Waals surface area contributed by atoms with Gasteiger partial charge in [-0.05, 0) is 23.2 Å². The number of nitrogens with zero attached hydrogens (tertiary/aromatic N) is 3. The third-order valence-electron chi connectivity index (χ3n) is 4.93. The number of halogens is 1. The molecule has 1 amide bonds. The van der Waals surface area contributed by atoms with Gasteiger partial charge in [-0.3, -0.25) is 9.69 Å². The van der Waals surface area contributed by atoms with E-state index in [1.165, 1.54) is 17.4 Å². The molecule has 0 fully saturated rings. The van der Waals surface area contributed by atoms with Crippen LogP contribution in [0.4, 0.5) is 5.13 Å². The van der Waals surface area contributed by atoms with Gasteiger partial charge in [0.05, 0.1) is 5.69 Å². The lowest BCUT2D eigenvalue weighted by Crippen LogP contribution is -2.35. The summed E-state index contributed by atoms with van der Waals surface area (Å²) in [6.45, 7) is 0. The first-order valence-electron chi connectivity index (χ1n) is 9.67. The second-order valence-electron chi connectivity index (χ2n) is 7.13. The van der Waals surface area contributed by atoms with Crippen LogP contribution in [0.1, 0.15) is 11.3 Å². The van der Waals surface area contributed by atoms with Crippen LogP contribution in [0.15, 0.2) is 70.6 Å². The Morgan fingerprint density at radius 3 is 2.61 bits per heavy atom. The van der Waals surface area contributed by atoms with Gasteiger partial charge in [0.25, 0.3) is 5.88 Å². The molecule has 158 valence electrons.